The Morgan fingerprint density at radius 2 is 1.48 bits per heavy atom. The van der Waals surface area contributed by atoms with Gasteiger partial charge in [0.25, 0.3) is 0 Å². The van der Waals surface area contributed by atoms with Gasteiger partial charge >= 0.3 is 0 Å². The van der Waals surface area contributed by atoms with E-state index >= 15 is 0 Å². The van der Waals surface area contributed by atoms with Crippen molar-refractivity contribution in [3.05, 3.63) is 76.9 Å². The van der Waals surface area contributed by atoms with E-state index in [2.05, 4.69) is 0 Å². The standard InChI is InChI=1S/C23H24F2N2O2/c1-17(16-19-7-3-5-9-21(19)25)23(29)27-14-12-26(13-15-27)22(28)11-10-18-6-2-4-8-20(18)24/h2-9,16H,10-15H2,1H3/b17-16+. The van der Waals surface area contributed by atoms with Gasteiger partial charge in [-0.2, -0.15) is 0 Å². The van der Waals surface area contributed by atoms with Gasteiger partial charge in [-0.15, -0.1) is 0 Å². The van der Waals surface area contributed by atoms with Gasteiger partial charge in [0.2, 0.25) is 11.8 Å². The van der Waals surface area contributed by atoms with E-state index < -0.39 is 0 Å². The summed E-state index contributed by atoms with van der Waals surface area (Å²) < 4.78 is 27.5. The van der Waals surface area contributed by atoms with Crippen molar-refractivity contribution >= 4 is 17.9 Å². The fourth-order valence-corrected chi connectivity index (χ4v) is 3.40. The van der Waals surface area contributed by atoms with Crippen LogP contribution in [0.2, 0.25) is 0 Å². The predicted molar refractivity (Wildman–Crippen MR) is 108 cm³/mol. The van der Waals surface area contributed by atoms with Gasteiger partial charge in [-0.05, 0) is 37.1 Å². The highest BCUT2D eigenvalue weighted by atomic mass is 19.1. The maximum atomic E-state index is 13.8. The SMILES string of the molecule is C/C(=C\c1ccccc1F)C(=O)N1CCN(C(=O)CCc2ccccc2F)CC1. The minimum Gasteiger partial charge on any atom is -0.339 e. The van der Waals surface area contributed by atoms with Gasteiger partial charge in [0.1, 0.15) is 11.6 Å². The van der Waals surface area contributed by atoms with E-state index in [0.717, 1.165) is 0 Å². The molecule has 0 saturated carbocycles. The van der Waals surface area contributed by atoms with Crippen LogP contribution in [0.1, 0.15) is 24.5 Å². The molecular formula is C23H24F2N2O2. The van der Waals surface area contributed by atoms with Crippen LogP contribution in [0.3, 0.4) is 0 Å². The van der Waals surface area contributed by atoms with Gasteiger partial charge in [0.05, 0.1) is 0 Å². The Balaban J connectivity index is 1.52. The van der Waals surface area contributed by atoms with E-state index in [1.807, 2.05) is 0 Å². The molecule has 152 valence electrons. The molecule has 1 heterocycles. The van der Waals surface area contributed by atoms with Gasteiger partial charge in [0.15, 0.2) is 0 Å². The molecule has 0 N–H and O–H groups in total. The van der Waals surface area contributed by atoms with Crippen molar-refractivity contribution in [1.82, 2.24) is 9.80 Å². The molecule has 3 rings (SSSR count). The van der Waals surface area contributed by atoms with Gasteiger partial charge in [0, 0.05) is 43.7 Å². The molecule has 4 nitrogen and oxygen atoms in total. The molecule has 2 amide bonds. The van der Waals surface area contributed by atoms with E-state index in [0.29, 0.717) is 49.3 Å². The molecule has 1 aliphatic rings. The van der Waals surface area contributed by atoms with Crippen molar-refractivity contribution in [3.63, 3.8) is 0 Å². The largest absolute Gasteiger partial charge is 0.339 e. The monoisotopic (exact) mass is 398 g/mol. The second-order valence-electron chi connectivity index (χ2n) is 7.11. The van der Waals surface area contributed by atoms with E-state index in [4.69, 9.17) is 0 Å². The number of hydrogen-bond acceptors (Lipinski definition) is 2. The van der Waals surface area contributed by atoms with E-state index in [9.17, 15) is 18.4 Å². The highest BCUT2D eigenvalue weighted by Crippen LogP contribution is 2.15. The Morgan fingerprint density at radius 3 is 2.14 bits per heavy atom. The third kappa shape index (κ3) is 5.28. The average molecular weight is 398 g/mol. The molecule has 1 fully saturated rings. The van der Waals surface area contributed by atoms with E-state index in [1.165, 1.54) is 12.1 Å². The predicted octanol–water partition coefficient (Wildman–Crippen LogP) is 3.67. The van der Waals surface area contributed by atoms with Crippen molar-refractivity contribution in [3.8, 4) is 0 Å². The zero-order valence-corrected chi connectivity index (χ0v) is 16.4. The van der Waals surface area contributed by atoms with Crippen LogP contribution in [0.15, 0.2) is 54.1 Å². The van der Waals surface area contributed by atoms with Crippen LogP contribution in [-0.2, 0) is 16.0 Å². The maximum absolute atomic E-state index is 13.8. The fraction of sp³-hybridized carbons (Fsp3) is 0.304. The lowest BCUT2D eigenvalue weighted by molar-refractivity contribution is -0.137. The van der Waals surface area contributed by atoms with Crippen LogP contribution in [0.5, 0.6) is 0 Å². The quantitative estimate of drug-likeness (QED) is 0.721. The van der Waals surface area contributed by atoms with Gasteiger partial charge in [-0.1, -0.05) is 36.4 Å². The second kappa shape index (κ2) is 9.45. The first-order valence-electron chi connectivity index (χ1n) is 9.69. The molecule has 6 heteroatoms. The van der Waals surface area contributed by atoms with Gasteiger partial charge in [-0.3, -0.25) is 9.59 Å². The number of amides is 2. The zero-order chi connectivity index (χ0) is 20.8. The minimum absolute atomic E-state index is 0.0426. The topological polar surface area (TPSA) is 40.6 Å². The highest BCUT2D eigenvalue weighted by molar-refractivity contribution is 5.97. The summed E-state index contributed by atoms with van der Waals surface area (Å²) in [6, 6.07) is 12.8. The molecule has 0 unspecified atom stereocenters. The smallest absolute Gasteiger partial charge is 0.249 e. The molecule has 0 bridgehead atoms. The number of rotatable bonds is 5. The number of hydrogen-bond donors (Lipinski definition) is 0. The van der Waals surface area contributed by atoms with Crippen molar-refractivity contribution in [2.75, 3.05) is 26.2 Å². The summed E-state index contributed by atoms with van der Waals surface area (Å²) in [7, 11) is 0. The minimum atomic E-state index is -0.370. The summed E-state index contributed by atoms with van der Waals surface area (Å²) in [5, 5.41) is 0. The van der Waals surface area contributed by atoms with Crippen molar-refractivity contribution < 1.29 is 18.4 Å². The van der Waals surface area contributed by atoms with Gasteiger partial charge < -0.3 is 9.80 Å². The summed E-state index contributed by atoms with van der Waals surface area (Å²) in [5.41, 5.74) is 1.36. The number of carbonyl (C=O) groups excluding carboxylic acids is 2. The molecule has 29 heavy (non-hydrogen) atoms. The highest BCUT2D eigenvalue weighted by Gasteiger charge is 2.24. The van der Waals surface area contributed by atoms with Gasteiger partial charge in [-0.25, -0.2) is 8.78 Å². The lowest BCUT2D eigenvalue weighted by Crippen LogP contribution is -2.50. The zero-order valence-electron chi connectivity index (χ0n) is 16.4. The molecule has 0 spiro atoms. The van der Waals surface area contributed by atoms with Crippen molar-refractivity contribution in [1.29, 1.82) is 0 Å². The fourth-order valence-electron chi connectivity index (χ4n) is 3.40. The number of carbonyl (C=O) groups is 2. The van der Waals surface area contributed by atoms with Crippen molar-refractivity contribution in [2.45, 2.75) is 19.8 Å². The first-order chi connectivity index (χ1) is 14.0. The first-order valence-corrected chi connectivity index (χ1v) is 9.69. The molecule has 0 aromatic heterocycles. The number of benzene rings is 2. The normalized spacial score (nSPS) is 14.8. The lowest BCUT2D eigenvalue weighted by Gasteiger charge is -2.35. The number of nitrogens with zero attached hydrogens (tertiary/aromatic N) is 2. The molecule has 1 saturated heterocycles. The average Bonchev–Trinajstić information content (AvgIpc) is 2.74. The number of aryl methyl sites for hydroxylation is 1. The Kier molecular flexibility index (Phi) is 6.75. The Hall–Kier alpha value is -3.02. The molecule has 2 aromatic rings. The number of piperazine rings is 1. The third-order valence-corrected chi connectivity index (χ3v) is 5.10. The molecule has 2 aromatic carbocycles. The van der Waals surface area contributed by atoms with E-state index in [1.54, 1.807) is 59.2 Å². The summed E-state index contributed by atoms with van der Waals surface area (Å²) in [6.07, 6.45) is 2.14. The van der Waals surface area contributed by atoms with Crippen LogP contribution >= 0.6 is 0 Å². The summed E-state index contributed by atoms with van der Waals surface area (Å²) in [6.45, 7) is 3.39. The summed E-state index contributed by atoms with van der Waals surface area (Å²) in [4.78, 5) is 28.4. The third-order valence-electron chi connectivity index (χ3n) is 5.10. The van der Waals surface area contributed by atoms with Crippen LogP contribution in [0.25, 0.3) is 6.08 Å². The Labute approximate surface area is 169 Å². The maximum Gasteiger partial charge on any atom is 0.249 e. The molecule has 0 atom stereocenters. The Bertz CT molecular complexity index is 919. The molecule has 1 aliphatic heterocycles. The lowest BCUT2D eigenvalue weighted by atomic mass is 10.1. The van der Waals surface area contributed by atoms with Crippen molar-refractivity contribution in [2.24, 2.45) is 0 Å². The van der Waals surface area contributed by atoms with E-state index in [-0.39, 0.29) is 29.9 Å². The molecular weight excluding hydrogens is 374 g/mol. The second-order valence-corrected chi connectivity index (χ2v) is 7.11. The molecule has 0 radical (unpaired) electrons. The number of halogens is 2. The molecule has 0 aliphatic carbocycles. The summed E-state index contributed by atoms with van der Waals surface area (Å²) >= 11 is 0. The van der Waals surface area contributed by atoms with Crippen LogP contribution < -0.4 is 0 Å². The van der Waals surface area contributed by atoms with Crippen LogP contribution in [0.4, 0.5) is 8.78 Å². The Morgan fingerprint density at radius 1 is 0.897 bits per heavy atom. The first kappa shape index (κ1) is 20.7. The van der Waals surface area contributed by atoms with Crippen LogP contribution in [-0.4, -0.2) is 47.8 Å². The van der Waals surface area contributed by atoms with Crippen LogP contribution in [0, 0.1) is 11.6 Å². The summed E-state index contributed by atoms with van der Waals surface area (Å²) in [5.74, 6) is -0.872.